The van der Waals surface area contributed by atoms with Crippen molar-refractivity contribution in [3.8, 4) is 0 Å². The molecule has 2 aliphatic carbocycles. The average Bonchev–Trinajstić information content (AvgIpc) is 3.05. The largest absolute Gasteiger partial charge is 0.296 e. The quantitative estimate of drug-likeness (QED) is 0.373. The van der Waals surface area contributed by atoms with Crippen molar-refractivity contribution in [1.82, 2.24) is 0 Å². The lowest BCUT2D eigenvalue weighted by molar-refractivity contribution is 0.0130. The molecule has 0 bridgehead atoms. The van der Waals surface area contributed by atoms with Crippen LogP contribution in [0.4, 0.5) is 0 Å². The van der Waals surface area contributed by atoms with Crippen molar-refractivity contribution in [2.75, 3.05) is 6.61 Å². The van der Waals surface area contributed by atoms with Crippen LogP contribution < -0.4 is 0 Å². The zero-order valence-electron chi connectivity index (χ0n) is 21.5. The van der Waals surface area contributed by atoms with Crippen molar-refractivity contribution in [3.63, 3.8) is 0 Å². The summed E-state index contributed by atoms with van der Waals surface area (Å²) in [6, 6.07) is 6.98. The summed E-state index contributed by atoms with van der Waals surface area (Å²) in [5.41, 5.74) is 1.67. The number of hydrogen-bond acceptors (Lipinski definition) is 3. The van der Waals surface area contributed by atoms with Crippen LogP contribution in [0.15, 0.2) is 29.2 Å². The van der Waals surface area contributed by atoms with Crippen molar-refractivity contribution >= 4 is 10.1 Å². The van der Waals surface area contributed by atoms with Crippen LogP contribution in [0.5, 0.6) is 0 Å². The summed E-state index contributed by atoms with van der Waals surface area (Å²) in [7, 11) is -3.73. The van der Waals surface area contributed by atoms with Crippen molar-refractivity contribution < 1.29 is 12.6 Å². The molecule has 2 saturated carbocycles. The highest BCUT2D eigenvalue weighted by atomic mass is 32.2. The van der Waals surface area contributed by atoms with Gasteiger partial charge in [0.1, 0.15) is 0 Å². The monoisotopic (exact) mass is 462 g/mol. The van der Waals surface area contributed by atoms with Gasteiger partial charge < -0.3 is 0 Å². The molecule has 3 nitrogen and oxygen atoms in total. The molecule has 3 unspecified atom stereocenters. The molecule has 6 atom stereocenters. The predicted octanol–water partition coefficient (Wildman–Crippen LogP) is 7.63. The first-order valence-corrected chi connectivity index (χ1v) is 14.2. The van der Waals surface area contributed by atoms with Crippen molar-refractivity contribution in [2.45, 2.75) is 98.3 Å². The fourth-order valence-corrected chi connectivity index (χ4v) is 7.82. The van der Waals surface area contributed by atoms with Gasteiger partial charge in [-0.1, -0.05) is 72.1 Å². The van der Waals surface area contributed by atoms with Gasteiger partial charge in [-0.05, 0) is 91.6 Å². The molecule has 4 heteroatoms. The lowest BCUT2D eigenvalue weighted by atomic mass is 9.58. The predicted molar refractivity (Wildman–Crippen MR) is 133 cm³/mol. The molecule has 0 aromatic heterocycles. The highest BCUT2D eigenvalue weighted by Crippen LogP contribution is 2.60. The molecule has 1 aromatic rings. The Kier molecular flexibility index (Phi) is 7.87. The Balaban J connectivity index is 1.77. The average molecular weight is 463 g/mol. The van der Waals surface area contributed by atoms with Crippen LogP contribution >= 0.6 is 0 Å². The second-order valence-corrected chi connectivity index (χ2v) is 14.1. The first-order valence-electron chi connectivity index (χ1n) is 12.8. The first kappa shape index (κ1) is 25.7. The Bertz CT molecular complexity index is 852. The summed E-state index contributed by atoms with van der Waals surface area (Å²) in [6.45, 7) is 16.4. The van der Waals surface area contributed by atoms with Crippen LogP contribution in [0, 0.1) is 47.3 Å². The van der Waals surface area contributed by atoms with Gasteiger partial charge >= 0.3 is 0 Å². The van der Waals surface area contributed by atoms with Crippen LogP contribution in [-0.2, 0) is 14.3 Å². The van der Waals surface area contributed by atoms with E-state index in [2.05, 4.69) is 41.5 Å². The second-order valence-electron chi connectivity index (χ2n) is 12.4. The summed E-state index contributed by atoms with van der Waals surface area (Å²) in [6.07, 6.45) is 8.74. The summed E-state index contributed by atoms with van der Waals surface area (Å²) < 4.78 is 31.5. The Morgan fingerprint density at radius 2 is 1.78 bits per heavy atom. The Hall–Kier alpha value is -0.870. The molecule has 0 aliphatic heterocycles. The van der Waals surface area contributed by atoms with Gasteiger partial charge in [-0.2, -0.15) is 8.42 Å². The van der Waals surface area contributed by atoms with Gasteiger partial charge in [-0.3, -0.25) is 4.18 Å². The van der Waals surface area contributed by atoms with Gasteiger partial charge in [0.15, 0.2) is 0 Å². The van der Waals surface area contributed by atoms with E-state index in [1.54, 1.807) is 12.1 Å². The lowest BCUT2D eigenvalue weighted by Gasteiger charge is -2.47. The van der Waals surface area contributed by atoms with Gasteiger partial charge in [0.2, 0.25) is 0 Å². The number of aryl methyl sites for hydroxylation is 1. The van der Waals surface area contributed by atoms with Crippen LogP contribution in [0.2, 0.25) is 0 Å². The second kappa shape index (κ2) is 9.78. The standard InChI is InChI=1S/C28H46O3S/c1-20-10-12-24(13-11-20)32(29,30)31-19-23(16-18-27(4,5)6)22(3)26-15-14-25-21(2)9-8-17-28(25,26)7/h10-13,21-23,25-26H,8-9,14-19H2,1-7H3/t21-,22-,23?,25?,26?,28-/m0/s1. The van der Waals surface area contributed by atoms with Crippen LogP contribution in [-0.4, -0.2) is 15.0 Å². The molecule has 0 spiro atoms. The minimum Gasteiger partial charge on any atom is -0.266 e. The summed E-state index contributed by atoms with van der Waals surface area (Å²) in [4.78, 5) is 0.263. The molecule has 1 aromatic carbocycles. The SMILES string of the molecule is Cc1ccc(S(=O)(=O)OCC(CCC(C)(C)C)[C@H](C)C2CCC3[C@@H](C)CCC[C@]23C)cc1. The minimum atomic E-state index is -3.73. The Morgan fingerprint density at radius 1 is 1.12 bits per heavy atom. The van der Waals surface area contributed by atoms with Crippen molar-refractivity contribution in [2.24, 2.45) is 40.4 Å². The Labute approximate surface area is 197 Å². The number of hydrogen-bond donors (Lipinski definition) is 0. The Morgan fingerprint density at radius 3 is 2.41 bits per heavy atom. The topological polar surface area (TPSA) is 43.4 Å². The molecule has 32 heavy (non-hydrogen) atoms. The van der Waals surface area contributed by atoms with E-state index >= 15 is 0 Å². The normalized spacial score (nSPS) is 30.7. The third-order valence-electron chi connectivity index (χ3n) is 8.93. The zero-order valence-corrected chi connectivity index (χ0v) is 22.3. The summed E-state index contributed by atoms with van der Waals surface area (Å²) >= 11 is 0. The molecule has 0 saturated heterocycles. The van der Waals surface area contributed by atoms with Gasteiger partial charge in [0.05, 0.1) is 11.5 Å². The molecule has 0 radical (unpaired) electrons. The third-order valence-corrected chi connectivity index (χ3v) is 10.2. The smallest absolute Gasteiger partial charge is 0.266 e. The maximum atomic E-state index is 12.9. The zero-order chi connectivity index (χ0) is 23.7. The van der Waals surface area contributed by atoms with Gasteiger partial charge in [-0.15, -0.1) is 0 Å². The van der Waals surface area contributed by atoms with Crippen molar-refractivity contribution in [1.29, 1.82) is 0 Å². The maximum absolute atomic E-state index is 12.9. The van der Waals surface area contributed by atoms with E-state index in [-0.39, 0.29) is 16.2 Å². The maximum Gasteiger partial charge on any atom is 0.296 e. The third kappa shape index (κ3) is 5.78. The van der Waals surface area contributed by atoms with E-state index in [0.29, 0.717) is 23.9 Å². The molecule has 3 rings (SSSR count). The molecule has 0 heterocycles. The molecule has 2 fully saturated rings. The van der Waals surface area contributed by atoms with E-state index in [1.165, 1.54) is 32.1 Å². The summed E-state index contributed by atoms with van der Waals surface area (Å²) in [5.74, 6) is 3.02. The van der Waals surface area contributed by atoms with Crippen LogP contribution in [0.1, 0.15) is 92.1 Å². The fraction of sp³-hybridized carbons (Fsp3) is 0.786. The van der Waals surface area contributed by atoms with E-state index in [9.17, 15) is 8.42 Å². The molecule has 0 N–H and O–H groups in total. The van der Waals surface area contributed by atoms with Crippen molar-refractivity contribution in [3.05, 3.63) is 29.8 Å². The summed E-state index contributed by atoms with van der Waals surface area (Å²) in [5, 5.41) is 0. The minimum absolute atomic E-state index is 0.231. The number of fused-ring (bicyclic) bond motifs is 1. The fourth-order valence-electron chi connectivity index (χ4n) is 6.86. The molecule has 2 aliphatic rings. The van der Waals surface area contributed by atoms with E-state index in [0.717, 1.165) is 30.2 Å². The molecule has 182 valence electrons. The first-order chi connectivity index (χ1) is 14.8. The van der Waals surface area contributed by atoms with Gasteiger partial charge in [0, 0.05) is 0 Å². The van der Waals surface area contributed by atoms with E-state index < -0.39 is 10.1 Å². The molecular weight excluding hydrogens is 416 g/mol. The van der Waals surface area contributed by atoms with E-state index in [4.69, 9.17) is 4.18 Å². The number of rotatable bonds is 8. The van der Waals surface area contributed by atoms with E-state index in [1.807, 2.05) is 19.1 Å². The molecule has 0 amide bonds. The lowest BCUT2D eigenvalue weighted by Crippen LogP contribution is -2.40. The molecular formula is C28H46O3S. The highest BCUT2D eigenvalue weighted by Gasteiger charge is 2.52. The van der Waals surface area contributed by atoms with Gasteiger partial charge in [0.25, 0.3) is 10.1 Å². The van der Waals surface area contributed by atoms with Gasteiger partial charge in [-0.25, -0.2) is 0 Å². The van der Waals surface area contributed by atoms with Crippen LogP contribution in [0.25, 0.3) is 0 Å². The highest BCUT2D eigenvalue weighted by molar-refractivity contribution is 7.86. The van der Waals surface area contributed by atoms with Crippen LogP contribution in [0.3, 0.4) is 0 Å². The number of benzene rings is 1.